The zero-order valence-electron chi connectivity index (χ0n) is 2.23. The van der Waals surface area contributed by atoms with Gasteiger partial charge >= 0.3 is 17.4 Å². The summed E-state index contributed by atoms with van der Waals surface area (Å²) in [7, 11) is 0. The van der Waals surface area contributed by atoms with E-state index in [0.29, 0.717) is 0 Å². The molecule has 5 heteroatoms. The third-order valence-electron chi connectivity index (χ3n) is 0. The molecule has 5 heavy (non-hydrogen) atoms. The van der Waals surface area contributed by atoms with Gasteiger partial charge in [-0.25, -0.2) is 0 Å². The number of hydrogen-bond donors (Lipinski definition) is 0. The van der Waals surface area contributed by atoms with Gasteiger partial charge in [0, 0.05) is 0 Å². The number of rotatable bonds is 0. The Kier molecular flexibility index (Phi) is 71100. The van der Waals surface area contributed by atoms with Gasteiger partial charge in [-0.15, -0.1) is 0 Å². The van der Waals surface area contributed by atoms with Gasteiger partial charge in [0.2, 0.25) is 0 Å². The van der Waals surface area contributed by atoms with Crippen molar-refractivity contribution >= 4 is 0 Å². The quantitative estimate of drug-likeness (QED) is 0.318. The second-order valence-corrected chi connectivity index (χ2v) is 0. The van der Waals surface area contributed by atoms with Crippen molar-refractivity contribution in [3.05, 3.63) is 0 Å². The van der Waals surface area contributed by atoms with Gasteiger partial charge < -0.3 is 21.1 Å². The van der Waals surface area contributed by atoms with E-state index in [-0.39, 0.29) is 38.5 Å². The van der Waals surface area contributed by atoms with Crippen LogP contribution < -0.4 is 4.70 Å². The smallest absolute Gasteiger partial charge is 1.00 e. The summed E-state index contributed by atoms with van der Waals surface area (Å²) in [4.78, 5) is 0. The van der Waals surface area contributed by atoms with Gasteiger partial charge in [0.1, 0.15) is 0 Å². The molecule has 0 fully saturated rings. The summed E-state index contributed by atoms with van der Waals surface area (Å²) in [6.45, 7) is 0. The normalized spacial score (nSPS) is 0. The maximum absolute atomic E-state index is 0. The molecule has 0 spiro atoms. The third-order valence-corrected chi connectivity index (χ3v) is 0. The van der Waals surface area contributed by atoms with Crippen molar-refractivity contribution < 1.29 is 38.5 Å². The molecule has 0 bridgehead atoms. The summed E-state index contributed by atoms with van der Waals surface area (Å²) in [5.74, 6) is 0. The van der Waals surface area contributed by atoms with E-state index in [0.717, 1.165) is 0 Å². The van der Waals surface area contributed by atoms with Crippen LogP contribution >= 0.6 is 0 Å². The molecule has 0 saturated carbocycles. The average molecular weight is 124 g/mol. The Morgan fingerprint density at radius 3 is 0.800 bits per heavy atom. The summed E-state index contributed by atoms with van der Waals surface area (Å²) in [6.07, 6.45) is 0. The molecule has 0 heterocycles. The van der Waals surface area contributed by atoms with Crippen LogP contribution in [0, 0.1) is 0 Å². The van der Waals surface area contributed by atoms with E-state index in [1.54, 1.807) is 0 Å². The first-order valence-electron chi connectivity index (χ1n) is 0. The molecule has 0 aliphatic carbocycles. The Labute approximate surface area is 39.4 Å². The molecule has 0 aromatic carbocycles. The van der Waals surface area contributed by atoms with Crippen LogP contribution in [0.5, 0.6) is 0 Å². The Morgan fingerprint density at radius 1 is 0.800 bits per heavy atom. The van der Waals surface area contributed by atoms with Crippen LogP contribution in [0.15, 0.2) is 0 Å². The van der Waals surface area contributed by atoms with E-state index < -0.39 is 0 Å². The summed E-state index contributed by atoms with van der Waals surface area (Å²) < 4.78 is 0. The minimum absolute atomic E-state index is 0. The first-order valence-corrected chi connectivity index (χ1v) is 0. The van der Waals surface area contributed by atoms with E-state index in [1.807, 2.05) is 0 Å². The zero-order chi connectivity index (χ0) is 0. The molecular weight excluding hydrogens is 119 g/mol. The van der Waals surface area contributed by atoms with Crippen LogP contribution in [0.2, 0.25) is 0 Å². The van der Waals surface area contributed by atoms with Gasteiger partial charge in [-0.3, -0.25) is 0 Å². The number of hydrogen-bond acceptors (Lipinski definition) is 1. The predicted molar refractivity (Wildman–Crippen MR) is 9.16 cm³/mol. The SMILES string of the molecule is O.O.[Cr+2].[F-].[OH-]. The maximum atomic E-state index is 0. The van der Waals surface area contributed by atoms with Gasteiger partial charge in [-0.1, -0.05) is 0 Å². The van der Waals surface area contributed by atoms with Gasteiger partial charge in [-0.2, -0.15) is 0 Å². The fourth-order valence-corrected chi connectivity index (χ4v) is 0. The minimum atomic E-state index is 0. The summed E-state index contributed by atoms with van der Waals surface area (Å²) in [6, 6.07) is 0. The second kappa shape index (κ2) is 414. The van der Waals surface area contributed by atoms with Crippen LogP contribution in [-0.2, 0) is 17.4 Å². The molecule has 5 N–H and O–H groups in total. The van der Waals surface area contributed by atoms with Crippen molar-refractivity contribution in [2.24, 2.45) is 0 Å². The first-order chi connectivity index (χ1) is 0. The summed E-state index contributed by atoms with van der Waals surface area (Å²) >= 11 is 0. The van der Waals surface area contributed by atoms with Gasteiger partial charge in [0.05, 0.1) is 0 Å². The van der Waals surface area contributed by atoms with Crippen molar-refractivity contribution in [1.29, 1.82) is 0 Å². The molecule has 0 saturated heterocycles. The fourth-order valence-electron chi connectivity index (χ4n) is 0. The standard InChI is InChI=1S/Cr.FH.3H2O/h;1H;3*1H2/q+2;;;;/p-2. The van der Waals surface area contributed by atoms with E-state index in [4.69, 9.17) is 0 Å². The maximum Gasteiger partial charge on any atom is 2.00 e. The average Bonchev–Trinajstić information content (AvgIpc) is 0. The Bertz CT molecular complexity index is 6.85. The second-order valence-electron chi connectivity index (χ2n) is 0. The molecule has 0 aliphatic rings. The zero-order valence-corrected chi connectivity index (χ0v) is 3.51. The van der Waals surface area contributed by atoms with Gasteiger partial charge in [0.15, 0.2) is 0 Å². The number of halogens is 1. The summed E-state index contributed by atoms with van der Waals surface area (Å²) in [5.41, 5.74) is 0. The fraction of sp³-hybridized carbons (Fsp3) is 0. The van der Waals surface area contributed by atoms with Gasteiger partial charge in [-0.05, 0) is 0 Å². The van der Waals surface area contributed by atoms with E-state index in [9.17, 15) is 0 Å². The van der Waals surface area contributed by atoms with Crippen molar-refractivity contribution in [2.75, 3.05) is 0 Å². The Hall–Kier alpha value is 0.342. The van der Waals surface area contributed by atoms with Crippen molar-refractivity contribution in [3.8, 4) is 0 Å². The Balaban J connectivity index is 0. The predicted octanol–water partition coefficient (Wildman–Crippen LogP) is -4.82. The first kappa shape index (κ1) is 859. The largest absolute Gasteiger partial charge is 2.00 e. The molecule has 3 nitrogen and oxygen atoms in total. The molecule has 0 aromatic rings. The molecule has 0 unspecified atom stereocenters. The molecule has 0 amide bonds. The molecule has 0 radical (unpaired) electrons. The van der Waals surface area contributed by atoms with Crippen molar-refractivity contribution in [2.45, 2.75) is 0 Å². The summed E-state index contributed by atoms with van der Waals surface area (Å²) in [5, 5.41) is 0. The molecule has 0 aliphatic heterocycles. The molecule has 36 valence electrons. The van der Waals surface area contributed by atoms with Gasteiger partial charge in [0.25, 0.3) is 0 Å². The third kappa shape index (κ3) is 203. The van der Waals surface area contributed by atoms with E-state index >= 15 is 0 Å². The topological polar surface area (TPSA) is 93.0 Å². The molecule has 0 rings (SSSR count). The molecular formula is H5CrFO3. The Morgan fingerprint density at radius 2 is 0.800 bits per heavy atom. The van der Waals surface area contributed by atoms with Crippen LogP contribution in [0.25, 0.3) is 0 Å². The molecule has 0 aromatic heterocycles. The van der Waals surface area contributed by atoms with Crippen molar-refractivity contribution in [1.82, 2.24) is 0 Å². The van der Waals surface area contributed by atoms with Crippen molar-refractivity contribution in [3.63, 3.8) is 0 Å². The minimum Gasteiger partial charge on any atom is -1.00 e. The monoisotopic (exact) mass is 124 g/mol. The van der Waals surface area contributed by atoms with Crippen LogP contribution in [0.3, 0.4) is 0 Å². The van der Waals surface area contributed by atoms with Crippen LogP contribution in [0.4, 0.5) is 0 Å². The molecule has 0 atom stereocenters. The van der Waals surface area contributed by atoms with Crippen LogP contribution in [-0.4, -0.2) is 16.4 Å². The van der Waals surface area contributed by atoms with Crippen LogP contribution in [0.1, 0.15) is 0 Å². The van der Waals surface area contributed by atoms with E-state index in [1.165, 1.54) is 0 Å². The van der Waals surface area contributed by atoms with E-state index in [2.05, 4.69) is 0 Å².